The Kier molecular flexibility index (Phi) is 4.68. The van der Waals surface area contributed by atoms with E-state index < -0.39 is 11.9 Å². The van der Waals surface area contributed by atoms with Gasteiger partial charge in [0, 0.05) is 5.56 Å². The van der Waals surface area contributed by atoms with Crippen molar-refractivity contribution in [3.05, 3.63) is 52.5 Å². The van der Waals surface area contributed by atoms with Crippen LogP contribution in [0.1, 0.15) is 20.7 Å². The first-order chi connectivity index (χ1) is 10.5. The first-order valence-electron chi connectivity index (χ1n) is 6.27. The highest BCUT2D eigenvalue weighted by Crippen LogP contribution is 2.33. The Hall–Kier alpha value is -2.53. The van der Waals surface area contributed by atoms with Gasteiger partial charge in [-0.3, -0.25) is 0 Å². The summed E-state index contributed by atoms with van der Waals surface area (Å²) in [5.74, 6) is -1.16. The maximum Gasteiger partial charge on any atom is 0.339 e. The summed E-state index contributed by atoms with van der Waals surface area (Å²) < 4.78 is 9.87. The molecule has 0 spiro atoms. The summed E-state index contributed by atoms with van der Waals surface area (Å²) in [5.41, 5.74) is 1.75. The van der Waals surface area contributed by atoms with E-state index in [-0.39, 0.29) is 16.1 Å². The zero-order chi connectivity index (χ0) is 16.3. The molecule has 22 heavy (non-hydrogen) atoms. The zero-order valence-corrected chi connectivity index (χ0v) is 12.7. The molecule has 0 heterocycles. The first-order valence-corrected chi connectivity index (χ1v) is 6.65. The standard InChI is InChI=1S/C16H13ClO5/c1-21-14-8-10(15(18)19)4-5-11(14)9-3-6-12(13(17)7-9)16(20)22-2/h3-8H,1-2H3,(H,18,19). The molecule has 2 aromatic rings. The second-order valence-corrected chi connectivity index (χ2v) is 4.81. The van der Waals surface area contributed by atoms with Crippen molar-refractivity contribution in [2.75, 3.05) is 14.2 Å². The lowest BCUT2D eigenvalue weighted by atomic mass is 10.0. The lowest BCUT2D eigenvalue weighted by Crippen LogP contribution is -2.02. The molecule has 2 aromatic carbocycles. The first kappa shape index (κ1) is 15.9. The predicted octanol–water partition coefficient (Wildman–Crippen LogP) is 3.50. The number of halogens is 1. The van der Waals surface area contributed by atoms with Crippen molar-refractivity contribution in [3.8, 4) is 16.9 Å². The zero-order valence-electron chi connectivity index (χ0n) is 11.9. The predicted molar refractivity (Wildman–Crippen MR) is 81.7 cm³/mol. The van der Waals surface area contributed by atoms with Gasteiger partial charge >= 0.3 is 11.9 Å². The van der Waals surface area contributed by atoms with Gasteiger partial charge in [0.2, 0.25) is 0 Å². The molecule has 114 valence electrons. The molecule has 0 aliphatic rings. The van der Waals surface area contributed by atoms with Crippen LogP contribution in [0.25, 0.3) is 11.1 Å². The lowest BCUT2D eigenvalue weighted by molar-refractivity contribution is 0.0600. The number of carboxylic acids is 1. The van der Waals surface area contributed by atoms with E-state index in [1.54, 1.807) is 24.3 Å². The fourth-order valence-corrected chi connectivity index (χ4v) is 2.28. The molecule has 0 amide bonds. The van der Waals surface area contributed by atoms with E-state index in [1.807, 2.05) is 0 Å². The summed E-state index contributed by atoms with van der Waals surface area (Å²) in [4.78, 5) is 22.5. The number of hydrogen-bond donors (Lipinski definition) is 1. The molecule has 2 rings (SSSR count). The molecular formula is C16H13ClO5. The summed E-state index contributed by atoms with van der Waals surface area (Å²) in [5, 5.41) is 9.25. The minimum absolute atomic E-state index is 0.123. The van der Waals surface area contributed by atoms with E-state index in [4.69, 9.17) is 21.4 Å². The molecule has 0 bridgehead atoms. The second kappa shape index (κ2) is 6.49. The summed E-state index contributed by atoms with van der Waals surface area (Å²) in [6.45, 7) is 0. The van der Waals surface area contributed by atoms with Crippen molar-refractivity contribution in [2.24, 2.45) is 0 Å². The number of ether oxygens (including phenoxy) is 2. The van der Waals surface area contributed by atoms with Crippen LogP contribution in [-0.4, -0.2) is 31.3 Å². The SMILES string of the molecule is COC(=O)c1ccc(-c2ccc(C(=O)O)cc2OC)cc1Cl. The van der Waals surface area contributed by atoms with Crippen molar-refractivity contribution in [1.82, 2.24) is 0 Å². The van der Waals surface area contributed by atoms with Crippen LogP contribution in [0, 0.1) is 0 Å². The minimum atomic E-state index is -1.04. The molecule has 1 N–H and O–H groups in total. The maximum absolute atomic E-state index is 11.5. The monoisotopic (exact) mass is 320 g/mol. The second-order valence-electron chi connectivity index (χ2n) is 4.41. The molecule has 0 fully saturated rings. The van der Waals surface area contributed by atoms with Gasteiger partial charge in [-0.15, -0.1) is 0 Å². The van der Waals surface area contributed by atoms with Gasteiger partial charge in [-0.2, -0.15) is 0 Å². The average Bonchev–Trinajstić information content (AvgIpc) is 2.53. The van der Waals surface area contributed by atoms with Crippen LogP contribution in [-0.2, 0) is 4.74 Å². The van der Waals surface area contributed by atoms with E-state index in [2.05, 4.69) is 4.74 Å². The Morgan fingerprint density at radius 3 is 2.36 bits per heavy atom. The molecule has 0 atom stereocenters. The molecule has 0 aliphatic carbocycles. The number of benzene rings is 2. The number of carbonyl (C=O) groups excluding carboxylic acids is 1. The van der Waals surface area contributed by atoms with Crippen LogP contribution >= 0.6 is 11.6 Å². The van der Waals surface area contributed by atoms with E-state index in [9.17, 15) is 9.59 Å². The van der Waals surface area contributed by atoms with Gasteiger partial charge in [0.1, 0.15) is 5.75 Å². The third kappa shape index (κ3) is 3.04. The van der Waals surface area contributed by atoms with Gasteiger partial charge in [-0.05, 0) is 35.9 Å². The number of rotatable bonds is 4. The molecule has 0 aliphatic heterocycles. The topological polar surface area (TPSA) is 72.8 Å². The quantitative estimate of drug-likeness (QED) is 0.873. The molecule has 0 radical (unpaired) electrons. The number of aromatic carboxylic acids is 1. The smallest absolute Gasteiger partial charge is 0.339 e. The van der Waals surface area contributed by atoms with Crippen LogP contribution < -0.4 is 4.74 Å². The summed E-state index contributed by atoms with van der Waals surface area (Å²) >= 11 is 6.09. The molecule has 0 saturated heterocycles. The number of esters is 1. The van der Waals surface area contributed by atoms with Crippen LogP contribution in [0.2, 0.25) is 5.02 Å². The maximum atomic E-state index is 11.5. The molecule has 0 aromatic heterocycles. The normalized spacial score (nSPS) is 10.1. The fourth-order valence-electron chi connectivity index (χ4n) is 2.02. The highest BCUT2D eigenvalue weighted by atomic mass is 35.5. The van der Waals surface area contributed by atoms with Gasteiger partial charge in [0.15, 0.2) is 0 Å². The van der Waals surface area contributed by atoms with E-state index in [1.165, 1.54) is 26.4 Å². The van der Waals surface area contributed by atoms with Gasteiger partial charge in [0.25, 0.3) is 0 Å². The van der Waals surface area contributed by atoms with E-state index in [0.29, 0.717) is 16.9 Å². The summed E-state index contributed by atoms with van der Waals surface area (Å²) in [6.07, 6.45) is 0. The Morgan fingerprint density at radius 2 is 1.82 bits per heavy atom. The van der Waals surface area contributed by atoms with E-state index >= 15 is 0 Å². The van der Waals surface area contributed by atoms with Crippen molar-refractivity contribution < 1.29 is 24.2 Å². The molecule has 0 saturated carbocycles. The third-order valence-electron chi connectivity index (χ3n) is 3.13. The van der Waals surface area contributed by atoms with Crippen LogP contribution in [0.3, 0.4) is 0 Å². The third-order valence-corrected chi connectivity index (χ3v) is 3.45. The number of hydrogen-bond acceptors (Lipinski definition) is 4. The van der Waals surface area contributed by atoms with Gasteiger partial charge in [0.05, 0.1) is 30.4 Å². The summed E-state index contributed by atoms with van der Waals surface area (Å²) in [6, 6.07) is 9.38. The Balaban J connectivity index is 2.50. The molecule has 5 nitrogen and oxygen atoms in total. The Bertz CT molecular complexity index is 739. The fraction of sp³-hybridized carbons (Fsp3) is 0.125. The number of methoxy groups -OCH3 is 2. The largest absolute Gasteiger partial charge is 0.496 e. The van der Waals surface area contributed by atoms with Crippen molar-refractivity contribution in [1.29, 1.82) is 0 Å². The van der Waals surface area contributed by atoms with Gasteiger partial charge < -0.3 is 14.6 Å². The van der Waals surface area contributed by atoms with Crippen molar-refractivity contribution in [2.45, 2.75) is 0 Å². The summed E-state index contributed by atoms with van der Waals surface area (Å²) in [7, 11) is 2.73. The molecular weight excluding hydrogens is 308 g/mol. The van der Waals surface area contributed by atoms with Crippen molar-refractivity contribution >= 4 is 23.5 Å². The van der Waals surface area contributed by atoms with Gasteiger partial charge in [-0.25, -0.2) is 9.59 Å². The lowest BCUT2D eigenvalue weighted by Gasteiger charge is -2.11. The van der Waals surface area contributed by atoms with Crippen LogP contribution in [0.4, 0.5) is 0 Å². The molecule has 6 heteroatoms. The van der Waals surface area contributed by atoms with Crippen LogP contribution in [0.15, 0.2) is 36.4 Å². The van der Waals surface area contributed by atoms with Crippen molar-refractivity contribution in [3.63, 3.8) is 0 Å². The minimum Gasteiger partial charge on any atom is -0.496 e. The highest BCUT2D eigenvalue weighted by Gasteiger charge is 2.14. The average molecular weight is 321 g/mol. The highest BCUT2D eigenvalue weighted by molar-refractivity contribution is 6.33. The Labute approximate surface area is 132 Å². The molecule has 0 unspecified atom stereocenters. The van der Waals surface area contributed by atoms with Crippen LogP contribution in [0.5, 0.6) is 5.75 Å². The van der Waals surface area contributed by atoms with Gasteiger partial charge in [-0.1, -0.05) is 17.7 Å². The number of carbonyl (C=O) groups is 2. The van der Waals surface area contributed by atoms with E-state index in [0.717, 1.165) is 0 Å². The number of carboxylic acid groups (broad SMARTS) is 1. The Morgan fingerprint density at radius 1 is 1.09 bits per heavy atom.